The minimum absolute atomic E-state index is 0.0172. The van der Waals surface area contributed by atoms with E-state index in [1.54, 1.807) is 0 Å². The summed E-state index contributed by atoms with van der Waals surface area (Å²) in [6, 6.07) is 3.91. The van der Waals surface area contributed by atoms with Crippen LogP contribution in [-0.4, -0.2) is 50.3 Å². The molecule has 112 valence electrons. The van der Waals surface area contributed by atoms with Gasteiger partial charge in [-0.2, -0.15) is 4.31 Å². The lowest BCUT2D eigenvalue weighted by Crippen LogP contribution is -2.52. The first kappa shape index (κ1) is 15.4. The second-order valence-electron chi connectivity index (χ2n) is 5.15. The number of hydrogen-bond donors (Lipinski definition) is 1. The lowest BCUT2D eigenvalue weighted by atomic mass is 10.2. The average molecular weight is 301 g/mol. The third kappa shape index (κ3) is 2.71. The number of likely N-dealkylation sites (N-methyl/N-ethyl adjacent to an activating group) is 1. The quantitative estimate of drug-likeness (QED) is 0.888. The lowest BCUT2D eigenvalue weighted by Gasteiger charge is -2.37. The van der Waals surface area contributed by atoms with Gasteiger partial charge in [-0.05, 0) is 26.1 Å². The van der Waals surface area contributed by atoms with E-state index in [4.69, 9.17) is 5.73 Å². The van der Waals surface area contributed by atoms with Crippen LogP contribution in [0.4, 0.5) is 4.39 Å². The molecule has 1 atom stereocenters. The van der Waals surface area contributed by atoms with Crippen molar-refractivity contribution in [3.05, 3.63) is 29.6 Å². The SMILES string of the molecule is CC1CN(C)CCN1S(=O)(=O)c1cccc(F)c1CN. The van der Waals surface area contributed by atoms with Crippen LogP contribution < -0.4 is 5.73 Å². The first-order valence-electron chi connectivity index (χ1n) is 6.55. The molecule has 0 bridgehead atoms. The largest absolute Gasteiger partial charge is 0.326 e. The summed E-state index contributed by atoms with van der Waals surface area (Å²) in [6.07, 6.45) is 0. The van der Waals surface area contributed by atoms with Crippen molar-refractivity contribution in [1.82, 2.24) is 9.21 Å². The number of halogens is 1. The molecule has 1 saturated heterocycles. The maximum atomic E-state index is 13.7. The van der Waals surface area contributed by atoms with E-state index in [0.717, 1.165) is 0 Å². The molecule has 1 aromatic rings. The molecular weight excluding hydrogens is 281 g/mol. The number of benzene rings is 1. The van der Waals surface area contributed by atoms with Crippen molar-refractivity contribution in [2.45, 2.75) is 24.4 Å². The molecule has 20 heavy (non-hydrogen) atoms. The fraction of sp³-hybridized carbons (Fsp3) is 0.538. The third-order valence-corrected chi connectivity index (χ3v) is 5.73. The van der Waals surface area contributed by atoms with Gasteiger partial charge in [-0.15, -0.1) is 0 Å². The van der Waals surface area contributed by atoms with Gasteiger partial charge in [0.2, 0.25) is 10.0 Å². The lowest BCUT2D eigenvalue weighted by molar-refractivity contribution is 0.170. The highest BCUT2D eigenvalue weighted by molar-refractivity contribution is 7.89. The van der Waals surface area contributed by atoms with Crippen LogP contribution in [0.3, 0.4) is 0 Å². The van der Waals surface area contributed by atoms with Crippen LogP contribution in [0.2, 0.25) is 0 Å². The Morgan fingerprint density at radius 1 is 1.40 bits per heavy atom. The molecule has 1 aliphatic heterocycles. The maximum absolute atomic E-state index is 13.7. The van der Waals surface area contributed by atoms with Crippen molar-refractivity contribution in [3.63, 3.8) is 0 Å². The van der Waals surface area contributed by atoms with E-state index in [-0.39, 0.29) is 23.0 Å². The Morgan fingerprint density at radius 3 is 2.70 bits per heavy atom. The fourth-order valence-electron chi connectivity index (χ4n) is 2.59. The van der Waals surface area contributed by atoms with E-state index < -0.39 is 15.8 Å². The molecule has 2 rings (SSSR count). The van der Waals surface area contributed by atoms with Gasteiger partial charge >= 0.3 is 0 Å². The first-order chi connectivity index (χ1) is 9.37. The fourth-order valence-corrected chi connectivity index (χ4v) is 4.44. The number of sulfonamides is 1. The van der Waals surface area contributed by atoms with Crippen LogP contribution in [0.5, 0.6) is 0 Å². The summed E-state index contributed by atoms with van der Waals surface area (Å²) in [6.45, 7) is 3.45. The monoisotopic (exact) mass is 301 g/mol. The highest BCUT2D eigenvalue weighted by Crippen LogP contribution is 2.25. The Kier molecular flexibility index (Phi) is 4.43. The summed E-state index contributed by atoms with van der Waals surface area (Å²) >= 11 is 0. The summed E-state index contributed by atoms with van der Waals surface area (Å²) in [5.74, 6) is -0.574. The van der Waals surface area contributed by atoms with Gasteiger partial charge in [0.1, 0.15) is 5.82 Å². The molecule has 0 radical (unpaired) electrons. The molecule has 0 spiro atoms. The number of rotatable bonds is 3. The highest BCUT2D eigenvalue weighted by Gasteiger charge is 2.34. The van der Waals surface area contributed by atoms with Crippen molar-refractivity contribution >= 4 is 10.0 Å². The van der Waals surface area contributed by atoms with Gasteiger partial charge in [0.15, 0.2) is 0 Å². The molecule has 1 unspecified atom stereocenters. The van der Waals surface area contributed by atoms with Gasteiger partial charge in [0.05, 0.1) is 4.90 Å². The smallest absolute Gasteiger partial charge is 0.243 e. The molecule has 1 heterocycles. The van der Waals surface area contributed by atoms with Crippen LogP contribution in [0, 0.1) is 5.82 Å². The second kappa shape index (κ2) is 5.77. The topological polar surface area (TPSA) is 66.6 Å². The first-order valence-corrected chi connectivity index (χ1v) is 7.99. The second-order valence-corrected chi connectivity index (χ2v) is 7.01. The summed E-state index contributed by atoms with van der Waals surface area (Å²) in [5, 5.41) is 0. The van der Waals surface area contributed by atoms with Gasteiger partial charge in [0, 0.05) is 37.8 Å². The van der Waals surface area contributed by atoms with Crippen LogP contribution in [-0.2, 0) is 16.6 Å². The highest BCUT2D eigenvalue weighted by atomic mass is 32.2. The van der Waals surface area contributed by atoms with Crippen LogP contribution >= 0.6 is 0 Å². The van der Waals surface area contributed by atoms with Crippen LogP contribution in [0.25, 0.3) is 0 Å². The minimum Gasteiger partial charge on any atom is -0.326 e. The average Bonchev–Trinajstić information content (AvgIpc) is 2.37. The molecular formula is C13H20FN3O2S. The van der Waals surface area contributed by atoms with Crippen molar-refractivity contribution in [2.24, 2.45) is 5.73 Å². The number of nitrogens with two attached hydrogens (primary N) is 1. The zero-order valence-corrected chi connectivity index (χ0v) is 12.5. The van der Waals surface area contributed by atoms with Crippen molar-refractivity contribution in [3.8, 4) is 0 Å². The third-order valence-electron chi connectivity index (χ3n) is 3.64. The maximum Gasteiger partial charge on any atom is 0.243 e. The molecule has 2 N–H and O–H groups in total. The molecule has 1 fully saturated rings. The Hall–Kier alpha value is -1.02. The number of nitrogens with zero attached hydrogens (tertiary/aromatic N) is 2. The molecule has 0 saturated carbocycles. The summed E-state index contributed by atoms with van der Waals surface area (Å²) in [5.41, 5.74) is 5.56. The number of hydrogen-bond acceptors (Lipinski definition) is 4. The van der Waals surface area contributed by atoms with Crippen molar-refractivity contribution < 1.29 is 12.8 Å². The summed E-state index contributed by atoms with van der Waals surface area (Å²) < 4.78 is 40.6. The van der Waals surface area contributed by atoms with Gasteiger partial charge < -0.3 is 10.6 Å². The zero-order valence-electron chi connectivity index (χ0n) is 11.7. The normalized spacial score (nSPS) is 22.1. The minimum atomic E-state index is -3.71. The molecule has 0 aromatic heterocycles. The molecule has 1 aliphatic rings. The van der Waals surface area contributed by atoms with Gasteiger partial charge in [0.25, 0.3) is 0 Å². The summed E-state index contributed by atoms with van der Waals surface area (Å²) in [7, 11) is -1.76. The molecule has 0 amide bonds. The predicted octanol–water partition coefficient (Wildman–Crippen LogP) is 0.609. The number of piperazine rings is 1. The van der Waals surface area contributed by atoms with E-state index in [1.165, 1.54) is 22.5 Å². The molecule has 1 aromatic carbocycles. The van der Waals surface area contributed by atoms with Gasteiger partial charge in [-0.25, -0.2) is 12.8 Å². The molecule has 5 nitrogen and oxygen atoms in total. The van der Waals surface area contributed by atoms with E-state index >= 15 is 0 Å². The van der Waals surface area contributed by atoms with Gasteiger partial charge in [-0.3, -0.25) is 0 Å². The van der Waals surface area contributed by atoms with E-state index in [1.807, 2.05) is 14.0 Å². The Balaban J connectivity index is 2.43. The predicted molar refractivity (Wildman–Crippen MR) is 75.1 cm³/mol. The van der Waals surface area contributed by atoms with Crippen LogP contribution in [0.15, 0.2) is 23.1 Å². The zero-order chi connectivity index (χ0) is 14.9. The Labute approximate surface area is 119 Å². The van der Waals surface area contributed by atoms with Gasteiger partial charge in [-0.1, -0.05) is 6.07 Å². The molecule has 7 heteroatoms. The Morgan fingerprint density at radius 2 is 2.10 bits per heavy atom. The van der Waals surface area contributed by atoms with Crippen molar-refractivity contribution in [1.29, 1.82) is 0 Å². The molecule has 0 aliphatic carbocycles. The standard InChI is InChI=1S/C13H20FN3O2S/c1-10-9-16(2)6-7-17(10)20(18,19)13-5-3-4-12(14)11(13)8-15/h3-5,10H,6-9,15H2,1-2H3. The van der Waals surface area contributed by atoms with Crippen molar-refractivity contribution in [2.75, 3.05) is 26.7 Å². The van der Waals surface area contributed by atoms with E-state index in [2.05, 4.69) is 4.90 Å². The van der Waals surface area contributed by atoms with Crippen LogP contribution in [0.1, 0.15) is 12.5 Å². The van der Waals surface area contributed by atoms with E-state index in [9.17, 15) is 12.8 Å². The Bertz CT molecular complexity index is 591. The van der Waals surface area contributed by atoms with E-state index in [0.29, 0.717) is 19.6 Å². The summed E-state index contributed by atoms with van der Waals surface area (Å²) in [4.78, 5) is 2.06.